The van der Waals surface area contributed by atoms with Crippen LogP contribution in [0.5, 0.6) is 0 Å². The second kappa shape index (κ2) is 38.3. The van der Waals surface area contributed by atoms with Gasteiger partial charge in [0.2, 0.25) is 47.3 Å². The van der Waals surface area contributed by atoms with Gasteiger partial charge in [-0.25, -0.2) is 4.79 Å². The molecule has 336 valence electrons. The average molecular weight is 885 g/mol. The van der Waals surface area contributed by atoms with Crippen molar-refractivity contribution in [2.24, 2.45) is 0 Å². The van der Waals surface area contributed by atoms with Gasteiger partial charge < -0.3 is 31.5 Å². The van der Waals surface area contributed by atoms with Crippen molar-refractivity contribution in [3.63, 3.8) is 0 Å². The maximum atomic E-state index is 11.0. The van der Waals surface area contributed by atoms with Gasteiger partial charge in [0.25, 0.3) is 0 Å². The molecule has 3 heterocycles. The summed E-state index contributed by atoms with van der Waals surface area (Å²) in [5.74, 6) is -0.306. The molecule has 58 heavy (non-hydrogen) atoms. The number of nitrogens with zero attached hydrogens (tertiary/aromatic N) is 3. The van der Waals surface area contributed by atoms with Crippen LogP contribution < -0.4 is 26.6 Å². The molecule has 0 saturated carbocycles. The molecule has 0 radical (unpaired) electrons. The van der Waals surface area contributed by atoms with Crippen LogP contribution in [0.3, 0.4) is 0 Å². The number of likely N-dealkylation sites (tertiary alicyclic amines) is 3. The van der Waals surface area contributed by atoms with Crippen molar-refractivity contribution in [1.29, 1.82) is 0 Å². The Morgan fingerprint density at radius 1 is 0.621 bits per heavy atom. The van der Waals surface area contributed by atoms with E-state index in [4.69, 9.17) is 0 Å². The summed E-state index contributed by atoms with van der Waals surface area (Å²) in [5, 5.41) is 11.6. The Kier molecular flexibility index (Phi) is 41.7. The zero-order valence-electron chi connectivity index (χ0n) is 37.0. The van der Waals surface area contributed by atoms with Crippen molar-refractivity contribution in [3.05, 3.63) is 0 Å². The smallest absolute Gasteiger partial charge is 0.314 e. The average Bonchev–Trinajstić information content (AvgIpc) is 3.85. The van der Waals surface area contributed by atoms with Crippen molar-refractivity contribution < 1.29 is 52.7 Å². The fraction of sp³-hybridized carbons (Fsp3) is 0.694. The lowest BCUT2D eigenvalue weighted by molar-refractivity contribution is -0.138. The second-order valence-electron chi connectivity index (χ2n) is 11.9. The van der Waals surface area contributed by atoms with E-state index < -0.39 is 0 Å². The van der Waals surface area contributed by atoms with Crippen LogP contribution in [0.25, 0.3) is 0 Å². The molecular formula is C36H68N8O11S3. The highest BCUT2D eigenvalue weighted by molar-refractivity contribution is 8.00. The molecule has 0 aromatic heterocycles. The molecule has 3 saturated heterocycles. The molecule has 10 amide bonds. The highest BCUT2D eigenvalue weighted by atomic mass is 32.2. The molecule has 0 aromatic rings. The van der Waals surface area contributed by atoms with E-state index in [2.05, 4.69) is 26.6 Å². The number of carbonyl (C=O) groups is 11. The summed E-state index contributed by atoms with van der Waals surface area (Å²) in [5.41, 5.74) is 0. The Balaban J connectivity index is -0.000000190. The molecule has 0 aromatic carbocycles. The van der Waals surface area contributed by atoms with E-state index in [1.54, 1.807) is 51.8 Å². The lowest BCUT2D eigenvalue weighted by atomic mass is 10.1. The Hall–Kier alpha value is -4.18. The molecule has 22 heteroatoms. The Morgan fingerprint density at radius 2 is 0.966 bits per heavy atom. The number of hydrogen-bond donors (Lipinski definition) is 5. The Labute approximate surface area is 357 Å². The minimum atomic E-state index is -0.166. The van der Waals surface area contributed by atoms with E-state index in [9.17, 15) is 52.7 Å². The number of nitrogens with one attached hydrogen (secondary N) is 5. The van der Waals surface area contributed by atoms with Gasteiger partial charge in [-0.05, 0) is 51.7 Å². The molecule has 3 aliphatic rings. The van der Waals surface area contributed by atoms with Crippen LogP contribution in [0.15, 0.2) is 0 Å². The summed E-state index contributed by atoms with van der Waals surface area (Å²) in [6.07, 6.45) is 10.3. The van der Waals surface area contributed by atoms with E-state index in [1.165, 1.54) is 82.0 Å². The third kappa shape index (κ3) is 33.9. The van der Waals surface area contributed by atoms with Crippen molar-refractivity contribution in [3.8, 4) is 0 Å². The zero-order valence-corrected chi connectivity index (χ0v) is 39.5. The third-order valence-electron chi connectivity index (χ3n) is 7.12. The maximum absolute atomic E-state index is 11.0. The van der Waals surface area contributed by atoms with Crippen LogP contribution in [0.2, 0.25) is 0 Å². The highest BCUT2D eigenvalue weighted by Crippen LogP contribution is 2.22. The lowest BCUT2D eigenvalue weighted by Crippen LogP contribution is -2.37. The largest absolute Gasteiger partial charge is 0.359 e. The van der Waals surface area contributed by atoms with Gasteiger partial charge in [0, 0.05) is 89.4 Å². The van der Waals surface area contributed by atoms with Crippen LogP contribution in [-0.4, -0.2) is 176 Å². The minimum absolute atomic E-state index is 0.00463. The number of hydrogen-bond acceptors (Lipinski definition) is 14. The van der Waals surface area contributed by atoms with E-state index in [-0.39, 0.29) is 87.9 Å². The number of imide groups is 2. The van der Waals surface area contributed by atoms with Gasteiger partial charge in [-0.2, -0.15) is 35.3 Å². The van der Waals surface area contributed by atoms with Gasteiger partial charge in [0.15, 0.2) is 5.78 Å². The van der Waals surface area contributed by atoms with Crippen LogP contribution in [0.1, 0.15) is 67.2 Å². The first-order valence-corrected chi connectivity index (χ1v) is 21.9. The molecule has 3 aliphatic heterocycles. The van der Waals surface area contributed by atoms with Crippen LogP contribution >= 0.6 is 35.3 Å². The molecule has 3 unspecified atom stereocenters. The molecule has 3 fully saturated rings. The first-order valence-electron chi connectivity index (χ1n) is 17.7. The van der Waals surface area contributed by atoms with Gasteiger partial charge in [0.05, 0.1) is 23.1 Å². The van der Waals surface area contributed by atoms with Crippen molar-refractivity contribution in [1.82, 2.24) is 41.3 Å². The normalized spacial score (nSPS) is 16.9. The van der Waals surface area contributed by atoms with Crippen LogP contribution in [0.4, 0.5) is 4.79 Å². The molecule has 0 aliphatic carbocycles. The van der Waals surface area contributed by atoms with Crippen molar-refractivity contribution in [2.75, 3.05) is 80.4 Å². The summed E-state index contributed by atoms with van der Waals surface area (Å²) >= 11 is 4.62. The predicted octanol–water partition coefficient (Wildman–Crippen LogP) is 0.540. The monoisotopic (exact) mass is 884 g/mol. The summed E-state index contributed by atoms with van der Waals surface area (Å²) in [7, 11) is 9.39. The van der Waals surface area contributed by atoms with E-state index >= 15 is 0 Å². The first-order chi connectivity index (χ1) is 26.8. The molecule has 3 atom stereocenters. The number of urea groups is 1. The maximum Gasteiger partial charge on any atom is 0.314 e. The summed E-state index contributed by atoms with van der Waals surface area (Å²) in [6, 6.07) is -0.289. The Bertz CT molecular complexity index is 1250. The van der Waals surface area contributed by atoms with Gasteiger partial charge in [0.1, 0.15) is 5.78 Å². The molecule has 19 nitrogen and oxygen atoms in total. The summed E-state index contributed by atoms with van der Waals surface area (Å²) in [6.45, 7) is 9.71. The van der Waals surface area contributed by atoms with E-state index in [0.29, 0.717) is 12.8 Å². The Morgan fingerprint density at radius 3 is 1.09 bits per heavy atom. The molecule has 5 N–H and O–H groups in total. The summed E-state index contributed by atoms with van der Waals surface area (Å²) in [4.78, 5) is 119. The highest BCUT2D eigenvalue weighted by Gasteiger charge is 2.36. The topological polar surface area (TPSA) is 258 Å². The van der Waals surface area contributed by atoms with E-state index in [0.717, 1.165) is 19.4 Å². The second-order valence-corrected chi connectivity index (χ2v) is 14.8. The van der Waals surface area contributed by atoms with Gasteiger partial charge in [-0.3, -0.25) is 57.7 Å². The van der Waals surface area contributed by atoms with Crippen LogP contribution in [0, 0.1) is 0 Å². The number of carbonyl (C=O) groups excluding carboxylic acids is 11. The first kappa shape index (κ1) is 63.0. The standard InChI is InChI=1S/C8H13NO2.2C6H9NO2S.C5H9NO2.C3H8N2O.2C3H7NO.C2H6S/c1-6(10)8-4-3-5-9(8)7(2)11;2*1-7-5(8)3-4(10-2)6(7)9;1-4(7)3-6-5(2)8;1-4-3(6)5-2;2*1-3(5)4-2;1-3-2/h8H,3-5H2,1-2H3;2*4H,3H2,1-2H3;3H2,1-2H3,(H,6,8);1-2H3,(H2,4,5,6);2*1-2H3,(H,4,5);1-2H3. The minimum Gasteiger partial charge on any atom is -0.359 e. The van der Waals surface area contributed by atoms with Gasteiger partial charge >= 0.3 is 6.03 Å². The molecule has 0 spiro atoms. The quantitative estimate of drug-likeness (QED) is 0.236. The van der Waals surface area contributed by atoms with Gasteiger partial charge in [-0.1, -0.05) is 0 Å². The van der Waals surface area contributed by atoms with Crippen molar-refractivity contribution >= 4 is 100 Å². The fourth-order valence-electron chi connectivity index (χ4n) is 3.75. The molecular weight excluding hydrogens is 817 g/mol. The number of thioether (sulfide) groups is 3. The van der Waals surface area contributed by atoms with Crippen LogP contribution in [-0.2, 0) is 47.9 Å². The number of amides is 10. The molecule has 0 bridgehead atoms. The number of Topliss-reactive ketones (excluding diaryl/α,β-unsaturated/α-hetero) is 2. The third-order valence-corrected chi connectivity index (χ3v) is 9.00. The SMILES string of the molecule is CC(=O)C1CCCN1C(C)=O.CC(=O)CNC(C)=O.CNC(=O)NC.CNC(C)=O.CNC(C)=O.CSC.CSC1CC(=O)N(C)C1=O.CSC1CC(=O)N(C)C1=O. The molecule has 3 rings (SSSR count). The van der Waals surface area contributed by atoms with Gasteiger partial charge in [-0.15, -0.1) is 0 Å². The lowest BCUT2D eigenvalue weighted by Gasteiger charge is -2.20. The number of rotatable bonds is 5. The fourth-order valence-corrected chi connectivity index (χ4v) is 5.09. The van der Waals surface area contributed by atoms with Crippen molar-refractivity contribution in [2.45, 2.75) is 83.8 Å². The predicted molar refractivity (Wildman–Crippen MR) is 232 cm³/mol. The van der Waals surface area contributed by atoms with E-state index in [1.807, 2.05) is 25.0 Å². The summed E-state index contributed by atoms with van der Waals surface area (Å²) < 4.78 is 0. The zero-order chi connectivity index (χ0) is 46.7. The number of ketones is 2.